The maximum atomic E-state index is 13.3. The average Bonchev–Trinajstić information content (AvgIpc) is 3.35. The Labute approximate surface area is 160 Å². The van der Waals surface area contributed by atoms with E-state index in [0.29, 0.717) is 33.4 Å². The van der Waals surface area contributed by atoms with Crippen LogP contribution in [0.5, 0.6) is 0 Å². The number of H-pyrrole nitrogens is 1. The Balaban J connectivity index is 1.89. The molecule has 0 radical (unpaired) electrons. The zero-order valence-electron chi connectivity index (χ0n) is 14.5. The van der Waals surface area contributed by atoms with E-state index in [1.165, 1.54) is 0 Å². The third kappa shape index (κ3) is 2.74. The minimum Gasteiger partial charge on any atom is -0.368 e. The van der Waals surface area contributed by atoms with Crippen LogP contribution in [-0.4, -0.2) is 35.0 Å². The standard InChI is InChI=1S/C18H11F3N8/c19-18(20,21)16-24-15-13(10-6-7-11-12(8-10)26-28-25-11)14(9-4-2-1-3-5-9)23-17(22)29(15)27-16/h1-8H,(H2,22,23)(H,25,26,28). The average molecular weight is 396 g/mol. The number of aromatic amines is 1. The van der Waals surface area contributed by atoms with Gasteiger partial charge >= 0.3 is 6.18 Å². The number of hydrogen-bond donors (Lipinski definition) is 2. The SMILES string of the molecule is Nc1nc(-c2ccccc2)c(-c2ccc3[nH]nnc3c2)c2nc(C(F)(F)F)nn12. The highest BCUT2D eigenvalue weighted by atomic mass is 19.4. The molecule has 0 saturated heterocycles. The summed E-state index contributed by atoms with van der Waals surface area (Å²) >= 11 is 0. The van der Waals surface area contributed by atoms with Crippen LogP contribution in [-0.2, 0) is 6.18 Å². The summed E-state index contributed by atoms with van der Waals surface area (Å²) in [6.45, 7) is 0. The van der Waals surface area contributed by atoms with Crippen LogP contribution in [0.4, 0.5) is 19.1 Å². The Bertz CT molecular complexity index is 1350. The zero-order chi connectivity index (χ0) is 20.2. The highest BCUT2D eigenvalue weighted by Gasteiger charge is 2.37. The molecule has 5 aromatic rings. The summed E-state index contributed by atoms with van der Waals surface area (Å²) in [6, 6.07) is 14.2. The van der Waals surface area contributed by atoms with Crippen LogP contribution < -0.4 is 5.73 Å². The first kappa shape index (κ1) is 17.1. The minimum absolute atomic E-state index is 0.0495. The van der Waals surface area contributed by atoms with Crippen LogP contribution in [0.3, 0.4) is 0 Å². The van der Waals surface area contributed by atoms with Crippen LogP contribution in [0.15, 0.2) is 48.5 Å². The van der Waals surface area contributed by atoms with Gasteiger partial charge in [-0.1, -0.05) is 41.6 Å². The van der Waals surface area contributed by atoms with E-state index >= 15 is 0 Å². The fourth-order valence-corrected chi connectivity index (χ4v) is 3.15. The molecule has 0 fully saturated rings. The fraction of sp³-hybridized carbons (Fsp3) is 0.0556. The number of anilines is 1. The van der Waals surface area contributed by atoms with Crippen molar-refractivity contribution in [2.45, 2.75) is 6.18 Å². The molecule has 2 aromatic carbocycles. The first-order chi connectivity index (χ1) is 13.9. The van der Waals surface area contributed by atoms with Crippen molar-refractivity contribution in [3.63, 3.8) is 0 Å². The van der Waals surface area contributed by atoms with Crippen molar-refractivity contribution in [2.24, 2.45) is 0 Å². The maximum absolute atomic E-state index is 13.3. The quantitative estimate of drug-likeness (QED) is 0.474. The monoisotopic (exact) mass is 396 g/mol. The fourth-order valence-electron chi connectivity index (χ4n) is 3.15. The molecule has 0 aliphatic carbocycles. The molecule has 0 amide bonds. The second-order valence-electron chi connectivity index (χ2n) is 6.27. The molecule has 3 N–H and O–H groups in total. The molecule has 0 saturated carbocycles. The van der Waals surface area contributed by atoms with Gasteiger partial charge in [0.1, 0.15) is 5.52 Å². The van der Waals surface area contributed by atoms with Gasteiger partial charge in [0.15, 0.2) is 5.65 Å². The third-order valence-electron chi connectivity index (χ3n) is 4.43. The van der Waals surface area contributed by atoms with Crippen LogP contribution >= 0.6 is 0 Å². The van der Waals surface area contributed by atoms with Crippen molar-refractivity contribution in [3.05, 3.63) is 54.4 Å². The Morgan fingerprint density at radius 1 is 0.966 bits per heavy atom. The van der Waals surface area contributed by atoms with Gasteiger partial charge in [-0.25, -0.2) is 9.97 Å². The van der Waals surface area contributed by atoms with Crippen molar-refractivity contribution in [2.75, 3.05) is 5.73 Å². The lowest BCUT2D eigenvalue weighted by atomic mass is 9.99. The van der Waals surface area contributed by atoms with Gasteiger partial charge in [0, 0.05) is 5.56 Å². The van der Waals surface area contributed by atoms with Crippen LogP contribution in [0, 0.1) is 0 Å². The topological polar surface area (TPSA) is 111 Å². The number of aromatic nitrogens is 7. The molecule has 0 unspecified atom stereocenters. The maximum Gasteiger partial charge on any atom is 0.453 e. The number of benzene rings is 2. The second-order valence-corrected chi connectivity index (χ2v) is 6.27. The van der Waals surface area contributed by atoms with E-state index in [2.05, 4.69) is 30.5 Å². The van der Waals surface area contributed by atoms with Gasteiger partial charge in [-0.05, 0) is 17.7 Å². The number of fused-ring (bicyclic) bond motifs is 2. The number of alkyl halides is 3. The molecule has 144 valence electrons. The van der Waals surface area contributed by atoms with Gasteiger partial charge in [0.05, 0.1) is 16.8 Å². The van der Waals surface area contributed by atoms with Crippen molar-refractivity contribution >= 4 is 22.6 Å². The highest BCUT2D eigenvalue weighted by molar-refractivity contribution is 5.93. The predicted molar refractivity (Wildman–Crippen MR) is 98.5 cm³/mol. The van der Waals surface area contributed by atoms with E-state index in [4.69, 9.17) is 5.73 Å². The number of nitrogen functional groups attached to an aromatic ring is 1. The highest BCUT2D eigenvalue weighted by Crippen LogP contribution is 2.37. The van der Waals surface area contributed by atoms with Crippen molar-refractivity contribution in [1.29, 1.82) is 0 Å². The lowest BCUT2D eigenvalue weighted by Gasteiger charge is -2.12. The second kappa shape index (κ2) is 5.99. The van der Waals surface area contributed by atoms with Gasteiger partial charge in [0.2, 0.25) is 5.95 Å². The molecule has 0 atom stereocenters. The van der Waals surface area contributed by atoms with Crippen molar-refractivity contribution < 1.29 is 13.2 Å². The molecule has 3 heterocycles. The molecule has 5 rings (SSSR count). The van der Waals surface area contributed by atoms with Crippen LogP contribution in [0.2, 0.25) is 0 Å². The minimum atomic E-state index is -4.72. The van der Waals surface area contributed by atoms with E-state index in [1.807, 2.05) is 6.07 Å². The lowest BCUT2D eigenvalue weighted by Crippen LogP contribution is -2.09. The number of halogens is 3. The van der Waals surface area contributed by atoms with Gasteiger partial charge < -0.3 is 5.73 Å². The third-order valence-corrected chi connectivity index (χ3v) is 4.43. The van der Waals surface area contributed by atoms with Gasteiger partial charge in [-0.3, -0.25) is 5.10 Å². The molecular weight excluding hydrogens is 385 g/mol. The van der Waals surface area contributed by atoms with E-state index < -0.39 is 12.0 Å². The first-order valence-electron chi connectivity index (χ1n) is 8.42. The number of nitrogens with two attached hydrogens (primary N) is 1. The molecule has 29 heavy (non-hydrogen) atoms. The van der Waals surface area contributed by atoms with Crippen molar-refractivity contribution in [3.8, 4) is 22.4 Å². The molecule has 0 spiro atoms. The van der Waals surface area contributed by atoms with E-state index in [0.717, 1.165) is 4.52 Å². The molecule has 3 aromatic heterocycles. The summed E-state index contributed by atoms with van der Waals surface area (Å²) in [5, 5.41) is 14.0. The van der Waals surface area contributed by atoms with E-state index in [-0.39, 0.29) is 11.6 Å². The number of nitrogens with one attached hydrogen (secondary N) is 1. The molecule has 0 aliphatic heterocycles. The largest absolute Gasteiger partial charge is 0.453 e. The lowest BCUT2D eigenvalue weighted by molar-refractivity contribution is -0.144. The molecule has 0 bridgehead atoms. The summed E-state index contributed by atoms with van der Waals surface area (Å²) in [5.41, 5.74) is 9.09. The number of hydrogen-bond acceptors (Lipinski definition) is 6. The van der Waals surface area contributed by atoms with Crippen molar-refractivity contribution in [1.82, 2.24) is 35.0 Å². The summed E-state index contributed by atoms with van der Waals surface area (Å²) in [4.78, 5) is 8.08. The molecule has 8 nitrogen and oxygen atoms in total. The summed E-state index contributed by atoms with van der Waals surface area (Å²) in [7, 11) is 0. The van der Waals surface area contributed by atoms with Gasteiger partial charge in [-0.2, -0.15) is 17.7 Å². The molecule has 11 heteroatoms. The van der Waals surface area contributed by atoms with Crippen LogP contribution in [0.25, 0.3) is 39.1 Å². The number of nitrogens with zero attached hydrogens (tertiary/aromatic N) is 6. The van der Waals surface area contributed by atoms with Gasteiger partial charge in [-0.15, -0.1) is 10.2 Å². The summed E-state index contributed by atoms with van der Waals surface area (Å²) < 4.78 is 40.7. The van der Waals surface area contributed by atoms with Crippen LogP contribution in [0.1, 0.15) is 5.82 Å². The first-order valence-corrected chi connectivity index (χ1v) is 8.42. The molecular formula is C18H11F3N8. The molecule has 0 aliphatic rings. The number of rotatable bonds is 2. The smallest absolute Gasteiger partial charge is 0.368 e. The normalized spacial score (nSPS) is 12.1. The summed E-state index contributed by atoms with van der Waals surface area (Å²) in [5.74, 6) is -1.49. The Kier molecular flexibility index (Phi) is 3.53. The van der Waals surface area contributed by atoms with Gasteiger partial charge in [0.25, 0.3) is 5.82 Å². The van der Waals surface area contributed by atoms with E-state index in [9.17, 15) is 13.2 Å². The Morgan fingerprint density at radius 3 is 2.52 bits per heavy atom. The Hall–Kier alpha value is -4.02. The van der Waals surface area contributed by atoms with E-state index in [1.54, 1.807) is 42.5 Å². The Morgan fingerprint density at radius 2 is 1.76 bits per heavy atom. The predicted octanol–water partition coefficient (Wildman–Crippen LogP) is 3.33. The zero-order valence-corrected chi connectivity index (χ0v) is 14.5. The summed E-state index contributed by atoms with van der Waals surface area (Å²) in [6.07, 6.45) is -4.72.